The van der Waals surface area contributed by atoms with E-state index in [1.165, 1.54) is 12.1 Å². The van der Waals surface area contributed by atoms with Gasteiger partial charge in [-0.1, -0.05) is 18.2 Å². The highest BCUT2D eigenvalue weighted by Crippen LogP contribution is 2.34. The number of sulfone groups is 1. The molecule has 1 aliphatic rings. The monoisotopic (exact) mass is 386 g/mol. The van der Waals surface area contributed by atoms with E-state index in [0.717, 1.165) is 12.1 Å². The number of nitrogens with zero attached hydrogens (tertiary/aromatic N) is 1. The second-order valence-electron chi connectivity index (χ2n) is 6.08. The number of hydrogen-bond acceptors (Lipinski definition) is 5. The van der Waals surface area contributed by atoms with E-state index in [4.69, 9.17) is 5.21 Å². The minimum absolute atomic E-state index is 0.101. The van der Waals surface area contributed by atoms with E-state index in [-0.39, 0.29) is 30.3 Å². The van der Waals surface area contributed by atoms with Gasteiger partial charge in [0.25, 0.3) is 0 Å². The summed E-state index contributed by atoms with van der Waals surface area (Å²) in [7, 11) is -3.43. The van der Waals surface area contributed by atoms with Crippen LogP contribution in [0, 0.1) is 0 Å². The Morgan fingerprint density at radius 1 is 1.12 bits per heavy atom. The number of hydroxylamine groups is 1. The lowest BCUT2D eigenvalue weighted by Crippen LogP contribution is -2.35. The quantitative estimate of drug-likeness (QED) is 0.791. The number of nitrogens with one attached hydrogen (secondary N) is 1. The van der Waals surface area contributed by atoms with Gasteiger partial charge in [0.05, 0.1) is 21.9 Å². The molecule has 1 aliphatic heterocycles. The summed E-state index contributed by atoms with van der Waals surface area (Å²) in [5.41, 5.74) is 2.81. The molecule has 2 N–H and O–H groups in total. The highest BCUT2D eigenvalue weighted by molar-refractivity contribution is 7.91. The van der Waals surface area contributed by atoms with Crippen molar-refractivity contribution in [2.24, 2.45) is 0 Å². The standard InChI is InChI=1S/C17H17F3N2O3S/c18-17(19,20)14-3-1-2-13(8-14)11-22-6-7-26(24,25)16-5-4-12(10-21-23)9-15(16)22/h1-5,8-9,21,23H,6-7,10-11H2. The van der Waals surface area contributed by atoms with Gasteiger partial charge in [0.1, 0.15) is 0 Å². The minimum atomic E-state index is -4.43. The van der Waals surface area contributed by atoms with Crippen LogP contribution in [0.1, 0.15) is 16.7 Å². The lowest BCUT2D eigenvalue weighted by atomic mass is 10.1. The smallest absolute Gasteiger partial charge is 0.365 e. The Labute approximate surface area is 148 Å². The Hall–Kier alpha value is -2.10. The van der Waals surface area contributed by atoms with Crippen molar-refractivity contribution in [3.63, 3.8) is 0 Å². The van der Waals surface area contributed by atoms with Crippen LogP contribution in [-0.2, 0) is 29.1 Å². The van der Waals surface area contributed by atoms with Crippen LogP contribution in [0.4, 0.5) is 18.9 Å². The van der Waals surface area contributed by atoms with E-state index in [1.54, 1.807) is 23.1 Å². The van der Waals surface area contributed by atoms with Crippen molar-refractivity contribution in [1.82, 2.24) is 5.48 Å². The second kappa shape index (κ2) is 6.90. The van der Waals surface area contributed by atoms with Crippen LogP contribution in [0.5, 0.6) is 0 Å². The maximum Gasteiger partial charge on any atom is 0.416 e. The first kappa shape index (κ1) is 18.7. The molecule has 1 heterocycles. The third kappa shape index (κ3) is 3.84. The molecule has 0 atom stereocenters. The highest BCUT2D eigenvalue weighted by atomic mass is 32.2. The molecule has 3 rings (SSSR count). The number of alkyl halides is 3. The topological polar surface area (TPSA) is 69.6 Å². The largest absolute Gasteiger partial charge is 0.416 e. The molecule has 26 heavy (non-hydrogen) atoms. The van der Waals surface area contributed by atoms with Gasteiger partial charge in [-0.25, -0.2) is 13.9 Å². The predicted molar refractivity (Wildman–Crippen MR) is 89.6 cm³/mol. The van der Waals surface area contributed by atoms with Gasteiger partial charge in [-0.2, -0.15) is 13.2 Å². The van der Waals surface area contributed by atoms with Gasteiger partial charge >= 0.3 is 6.18 Å². The van der Waals surface area contributed by atoms with Crippen molar-refractivity contribution >= 4 is 15.5 Å². The van der Waals surface area contributed by atoms with Crippen LogP contribution >= 0.6 is 0 Å². The molecule has 0 fully saturated rings. The maximum atomic E-state index is 12.9. The Bertz CT molecular complexity index is 914. The average Bonchev–Trinajstić information content (AvgIpc) is 2.57. The number of fused-ring (bicyclic) bond motifs is 1. The molecule has 0 saturated carbocycles. The van der Waals surface area contributed by atoms with Crippen molar-refractivity contribution in [3.05, 3.63) is 59.2 Å². The molecule has 0 amide bonds. The molecule has 5 nitrogen and oxygen atoms in total. The number of hydrogen-bond donors (Lipinski definition) is 2. The average molecular weight is 386 g/mol. The molecule has 2 aromatic rings. The van der Waals surface area contributed by atoms with Crippen LogP contribution in [0.3, 0.4) is 0 Å². The summed E-state index contributed by atoms with van der Waals surface area (Å²) >= 11 is 0. The predicted octanol–water partition coefficient (Wildman–Crippen LogP) is 2.98. The summed E-state index contributed by atoms with van der Waals surface area (Å²) in [6, 6.07) is 9.68. The zero-order valence-corrected chi connectivity index (χ0v) is 14.4. The molecule has 0 aliphatic carbocycles. The molecular formula is C17H17F3N2O3S. The number of rotatable bonds is 4. The van der Waals surface area contributed by atoms with Crippen LogP contribution in [0.2, 0.25) is 0 Å². The first-order valence-electron chi connectivity index (χ1n) is 7.84. The van der Waals surface area contributed by atoms with Gasteiger partial charge in [-0.15, -0.1) is 0 Å². The summed E-state index contributed by atoms with van der Waals surface area (Å²) in [6.45, 7) is 0.467. The normalized spacial score (nSPS) is 16.4. The van der Waals surface area contributed by atoms with Crippen LogP contribution in [0.25, 0.3) is 0 Å². The number of anilines is 1. The van der Waals surface area contributed by atoms with Crippen molar-refractivity contribution in [2.45, 2.75) is 24.2 Å². The summed E-state index contributed by atoms with van der Waals surface area (Å²) in [4.78, 5) is 1.89. The molecule has 0 saturated heterocycles. The molecule has 140 valence electrons. The van der Waals surface area contributed by atoms with Crippen molar-refractivity contribution in [2.75, 3.05) is 17.2 Å². The van der Waals surface area contributed by atoms with Gasteiger partial charge in [0.2, 0.25) is 0 Å². The molecule has 9 heteroatoms. The fourth-order valence-electron chi connectivity index (χ4n) is 2.97. The maximum absolute atomic E-state index is 12.9. The molecular weight excluding hydrogens is 369 g/mol. The molecule has 0 radical (unpaired) electrons. The van der Waals surface area contributed by atoms with Gasteiger partial charge in [-0.3, -0.25) is 0 Å². The minimum Gasteiger partial charge on any atom is -0.365 e. The fraction of sp³-hybridized carbons (Fsp3) is 0.294. The highest BCUT2D eigenvalue weighted by Gasteiger charge is 2.31. The van der Waals surface area contributed by atoms with E-state index in [0.29, 0.717) is 16.8 Å². The summed E-state index contributed by atoms with van der Waals surface area (Å²) in [6.07, 6.45) is -4.43. The molecule has 0 unspecified atom stereocenters. The third-order valence-corrected chi connectivity index (χ3v) is 5.98. The Morgan fingerprint density at radius 3 is 2.58 bits per heavy atom. The zero-order chi connectivity index (χ0) is 18.9. The summed E-state index contributed by atoms with van der Waals surface area (Å²) in [5.74, 6) is -0.101. The third-order valence-electron chi connectivity index (χ3n) is 4.24. The molecule has 0 spiro atoms. The van der Waals surface area contributed by atoms with Crippen molar-refractivity contribution in [1.29, 1.82) is 0 Å². The Morgan fingerprint density at radius 2 is 1.88 bits per heavy atom. The second-order valence-corrected chi connectivity index (χ2v) is 8.15. The van der Waals surface area contributed by atoms with Crippen molar-refractivity contribution in [3.8, 4) is 0 Å². The fourth-order valence-corrected chi connectivity index (χ4v) is 4.43. The number of benzene rings is 2. The summed E-state index contributed by atoms with van der Waals surface area (Å²) in [5, 5.41) is 8.85. The Kier molecular flexibility index (Phi) is 4.96. The van der Waals surface area contributed by atoms with Crippen molar-refractivity contribution < 1.29 is 26.8 Å². The molecule has 0 aromatic heterocycles. The lowest BCUT2D eigenvalue weighted by Gasteiger charge is -2.31. The van der Waals surface area contributed by atoms with Gasteiger partial charge < -0.3 is 10.1 Å². The van der Waals surface area contributed by atoms with Gasteiger partial charge in [0, 0.05) is 19.6 Å². The molecule has 0 bridgehead atoms. The zero-order valence-electron chi connectivity index (χ0n) is 13.6. The van der Waals surface area contributed by atoms with Crippen LogP contribution in [-0.4, -0.2) is 25.9 Å². The first-order chi connectivity index (χ1) is 12.2. The van der Waals surface area contributed by atoms with E-state index < -0.39 is 21.6 Å². The van der Waals surface area contributed by atoms with Crippen LogP contribution in [0.15, 0.2) is 47.4 Å². The Balaban J connectivity index is 1.96. The number of halogens is 3. The van der Waals surface area contributed by atoms with E-state index >= 15 is 0 Å². The molecule has 2 aromatic carbocycles. The van der Waals surface area contributed by atoms with Gasteiger partial charge in [-0.05, 0) is 35.4 Å². The lowest BCUT2D eigenvalue weighted by molar-refractivity contribution is -0.137. The van der Waals surface area contributed by atoms with Crippen LogP contribution < -0.4 is 10.4 Å². The van der Waals surface area contributed by atoms with E-state index in [1.807, 2.05) is 5.48 Å². The van der Waals surface area contributed by atoms with E-state index in [9.17, 15) is 21.6 Å². The van der Waals surface area contributed by atoms with Gasteiger partial charge in [0.15, 0.2) is 9.84 Å². The summed E-state index contributed by atoms with van der Waals surface area (Å²) < 4.78 is 63.3. The first-order valence-corrected chi connectivity index (χ1v) is 9.50. The SMILES string of the molecule is O=S1(=O)CCN(Cc2cccc(C(F)(F)F)c2)c2cc(CNO)ccc21. The van der Waals surface area contributed by atoms with E-state index in [2.05, 4.69) is 0 Å².